The van der Waals surface area contributed by atoms with Crippen molar-refractivity contribution in [1.29, 1.82) is 0 Å². The summed E-state index contributed by atoms with van der Waals surface area (Å²) in [6, 6.07) is 0.454. The summed E-state index contributed by atoms with van der Waals surface area (Å²) in [4.78, 5) is 23.1. The number of rotatable bonds is 4. The van der Waals surface area contributed by atoms with Gasteiger partial charge in [0.25, 0.3) is 5.91 Å². The third kappa shape index (κ3) is 2.74. The van der Waals surface area contributed by atoms with E-state index in [-0.39, 0.29) is 5.91 Å². The van der Waals surface area contributed by atoms with Gasteiger partial charge in [0.15, 0.2) is 5.82 Å². The van der Waals surface area contributed by atoms with Crippen LogP contribution in [0, 0.1) is 0 Å². The molecule has 0 spiro atoms. The molecule has 118 valence electrons. The van der Waals surface area contributed by atoms with Gasteiger partial charge in [0.05, 0.1) is 25.6 Å². The summed E-state index contributed by atoms with van der Waals surface area (Å²) in [6.07, 6.45) is 3.06. The summed E-state index contributed by atoms with van der Waals surface area (Å²) in [7, 11) is 2.07. The van der Waals surface area contributed by atoms with Crippen molar-refractivity contribution in [1.82, 2.24) is 34.5 Å². The molecule has 22 heavy (non-hydrogen) atoms. The van der Waals surface area contributed by atoms with Crippen molar-refractivity contribution >= 4 is 5.91 Å². The first-order chi connectivity index (χ1) is 10.6. The summed E-state index contributed by atoms with van der Waals surface area (Å²) >= 11 is 0. The Bertz CT molecular complexity index is 646. The molecule has 0 saturated heterocycles. The van der Waals surface area contributed by atoms with Crippen LogP contribution in [0.25, 0.3) is 0 Å². The van der Waals surface area contributed by atoms with Crippen LogP contribution >= 0.6 is 0 Å². The van der Waals surface area contributed by atoms with Crippen molar-refractivity contribution in [3.63, 3.8) is 0 Å². The smallest absolute Gasteiger partial charge is 0.272 e. The molecule has 0 saturated carbocycles. The monoisotopic (exact) mass is 303 g/mol. The number of fused-ring (bicyclic) bond motifs is 1. The lowest BCUT2D eigenvalue weighted by Gasteiger charge is -2.28. The SMILES string of the molecule is CC(C)N(C)Cc1nnc2n1CCN(C(=O)c1cnc[nH]1)C2. The third-order valence-corrected chi connectivity index (χ3v) is 4.12. The zero-order valence-corrected chi connectivity index (χ0v) is 13.2. The summed E-state index contributed by atoms with van der Waals surface area (Å²) in [5, 5.41) is 8.54. The molecule has 0 bridgehead atoms. The summed E-state index contributed by atoms with van der Waals surface area (Å²) in [6.45, 7) is 6.93. The minimum absolute atomic E-state index is 0.0485. The molecular formula is C14H21N7O. The van der Waals surface area contributed by atoms with Crippen molar-refractivity contribution in [2.45, 2.75) is 39.5 Å². The molecule has 8 heteroatoms. The molecule has 2 aromatic heterocycles. The highest BCUT2D eigenvalue weighted by atomic mass is 16.2. The van der Waals surface area contributed by atoms with E-state index in [0.717, 1.165) is 24.7 Å². The second-order valence-electron chi connectivity index (χ2n) is 5.88. The van der Waals surface area contributed by atoms with E-state index in [1.165, 1.54) is 6.33 Å². The molecule has 1 N–H and O–H groups in total. The molecule has 2 aromatic rings. The van der Waals surface area contributed by atoms with E-state index >= 15 is 0 Å². The van der Waals surface area contributed by atoms with Crippen molar-refractivity contribution in [3.05, 3.63) is 29.9 Å². The van der Waals surface area contributed by atoms with Crippen LogP contribution in [0.2, 0.25) is 0 Å². The largest absolute Gasteiger partial charge is 0.341 e. The maximum atomic E-state index is 12.3. The fraction of sp³-hybridized carbons (Fsp3) is 0.571. The van der Waals surface area contributed by atoms with E-state index in [1.807, 2.05) is 0 Å². The fourth-order valence-electron chi connectivity index (χ4n) is 2.46. The molecule has 8 nitrogen and oxygen atoms in total. The van der Waals surface area contributed by atoms with E-state index in [2.05, 4.69) is 50.5 Å². The first-order valence-corrected chi connectivity index (χ1v) is 7.45. The number of hydrogen-bond donors (Lipinski definition) is 1. The van der Waals surface area contributed by atoms with Crippen LogP contribution in [0.4, 0.5) is 0 Å². The number of nitrogens with one attached hydrogen (secondary N) is 1. The molecule has 1 amide bonds. The molecule has 0 unspecified atom stereocenters. The molecule has 1 aliphatic heterocycles. The van der Waals surface area contributed by atoms with Crippen molar-refractivity contribution in [2.75, 3.05) is 13.6 Å². The van der Waals surface area contributed by atoms with Crippen LogP contribution in [0.3, 0.4) is 0 Å². The molecule has 0 aliphatic carbocycles. The molecule has 3 heterocycles. The number of carbonyl (C=O) groups excluding carboxylic acids is 1. The average Bonchev–Trinajstić information content (AvgIpc) is 3.16. The van der Waals surface area contributed by atoms with Crippen molar-refractivity contribution in [3.8, 4) is 0 Å². The van der Waals surface area contributed by atoms with Crippen LogP contribution in [-0.2, 0) is 19.6 Å². The van der Waals surface area contributed by atoms with E-state index < -0.39 is 0 Å². The number of carbonyl (C=O) groups is 1. The van der Waals surface area contributed by atoms with Gasteiger partial charge in [-0.25, -0.2) is 4.98 Å². The van der Waals surface area contributed by atoms with Crippen LogP contribution in [0.1, 0.15) is 36.0 Å². The highest BCUT2D eigenvalue weighted by molar-refractivity contribution is 5.92. The number of nitrogens with zero attached hydrogens (tertiary/aromatic N) is 6. The second-order valence-corrected chi connectivity index (χ2v) is 5.88. The number of H-pyrrole nitrogens is 1. The van der Waals surface area contributed by atoms with Gasteiger partial charge in [0, 0.05) is 19.1 Å². The predicted molar refractivity (Wildman–Crippen MR) is 80.0 cm³/mol. The average molecular weight is 303 g/mol. The van der Waals surface area contributed by atoms with Gasteiger partial charge in [-0.3, -0.25) is 9.69 Å². The van der Waals surface area contributed by atoms with E-state index in [9.17, 15) is 4.79 Å². The Labute approximate surface area is 129 Å². The lowest BCUT2D eigenvalue weighted by molar-refractivity contribution is 0.0700. The minimum atomic E-state index is -0.0485. The Kier molecular flexibility index (Phi) is 3.93. The quantitative estimate of drug-likeness (QED) is 0.889. The maximum absolute atomic E-state index is 12.3. The minimum Gasteiger partial charge on any atom is -0.341 e. The standard InChI is InChI=1S/C14H21N7O/c1-10(2)19(3)7-12-17-18-13-8-20(4-5-21(12)13)14(22)11-6-15-9-16-11/h6,9-10H,4-5,7-8H2,1-3H3,(H,15,16). The van der Waals surface area contributed by atoms with Gasteiger partial charge in [-0.1, -0.05) is 0 Å². The first-order valence-electron chi connectivity index (χ1n) is 7.45. The molecule has 1 aliphatic rings. The molecule has 3 rings (SSSR count). The third-order valence-electron chi connectivity index (χ3n) is 4.12. The Balaban J connectivity index is 1.72. The number of imidazole rings is 1. The lowest BCUT2D eigenvalue weighted by atomic mass is 10.3. The van der Waals surface area contributed by atoms with Crippen LogP contribution < -0.4 is 0 Å². The normalized spacial score (nSPS) is 14.7. The molecule has 0 atom stereocenters. The van der Waals surface area contributed by atoms with E-state index in [0.29, 0.717) is 24.8 Å². The number of aromatic amines is 1. The number of aromatic nitrogens is 5. The predicted octanol–water partition coefficient (Wildman–Crippen LogP) is 0.497. The van der Waals surface area contributed by atoms with Gasteiger partial charge in [-0.15, -0.1) is 10.2 Å². The topological polar surface area (TPSA) is 82.9 Å². The van der Waals surface area contributed by atoms with E-state index in [4.69, 9.17) is 0 Å². The first kappa shape index (κ1) is 14.7. The zero-order chi connectivity index (χ0) is 15.7. The second kappa shape index (κ2) is 5.88. The van der Waals surface area contributed by atoms with Gasteiger partial charge >= 0.3 is 0 Å². The van der Waals surface area contributed by atoms with Crippen molar-refractivity contribution in [2.24, 2.45) is 0 Å². The Morgan fingerprint density at radius 3 is 2.91 bits per heavy atom. The summed E-state index contributed by atoms with van der Waals surface area (Å²) < 4.78 is 2.12. The van der Waals surface area contributed by atoms with Gasteiger partial charge in [0.1, 0.15) is 11.5 Å². The number of amides is 1. The van der Waals surface area contributed by atoms with E-state index in [1.54, 1.807) is 11.1 Å². The van der Waals surface area contributed by atoms with Gasteiger partial charge in [-0.2, -0.15) is 0 Å². The van der Waals surface area contributed by atoms with Gasteiger partial charge in [-0.05, 0) is 20.9 Å². The highest BCUT2D eigenvalue weighted by Crippen LogP contribution is 2.15. The lowest BCUT2D eigenvalue weighted by Crippen LogP contribution is -2.39. The highest BCUT2D eigenvalue weighted by Gasteiger charge is 2.26. The summed E-state index contributed by atoms with van der Waals surface area (Å²) in [5.74, 6) is 1.75. The van der Waals surface area contributed by atoms with Crippen LogP contribution in [0.5, 0.6) is 0 Å². The Morgan fingerprint density at radius 1 is 1.41 bits per heavy atom. The molecule has 0 fully saturated rings. The van der Waals surface area contributed by atoms with Gasteiger partial charge in [0.2, 0.25) is 0 Å². The van der Waals surface area contributed by atoms with Crippen LogP contribution in [-0.4, -0.2) is 60.1 Å². The number of hydrogen-bond acceptors (Lipinski definition) is 5. The molecular weight excluding hydrogens is 282 g/mol. The van der Waals surface area contributed by atoms with Gasteiger partial charge < -0.3 is 14.5 Å². The van der Waals surface area contributed by atoms with Crippen LogP contribution in [0.15, 0.2) is 12.5 Å². The Hall–Kier alpha value is -2.22. The molecule has 0 radical (unpaired) electrons. The Morgan fingerprint density at radius 2 is 2.23 bits per heavy atom. The molecule has 0 aromatic carbocycles. The van der Waals surface area contributed by atoms with Crippen molar-refractivity contribution < 1.29 is 4.79 Å². The zero-order valence-electron chi connectivity index (χ0n) is 13.2. The maximum Gasteiger partial charge on any atom is 0.272 e. The fourth-order valence-corrected chi connectivity index (χ4v) is 2.46. The summed E-state index contributed by atoms with van der Waals surface area (Å²) in [5.41, 5.74) is 0.507.